The van der Waals surface area contributed by atoms with Gasteiger partial charge >= 0.3 is 6.03 Å². The van der Waals surface area contributed by atoms with E-state index < -0.39 is 11.8 Å². The first-order chi connectivity index (χ1) is 16.0. The third-order valence-electron chi connectivity index (χ3n) is 4.67. The van der Waals surface area contributed by atoms with E-state index in [1.54, 1.807) is 60.9 Å². The van der Waals surface area contributed by atoms with Gasteiger partial charge in [0, 0.05) is 36.3 Å². The number of carbonyl (C=O) groups excluding carboxylic acids is 2. The summed E-state index contributed by atoms with van der Waals surface area (Å²) in [5.74, 6) is 0.524. The molecule has 4 aromatic rings. The molecule has 9 heteroatoms. The van der Waals surface area contributed by atoms with E-state index in [0.717, 1.165) is 0 Å². The normalized spacial score (nSPS) is 10.5. The third kappa shape index (κ3) is 5.41. The van der Waals surface area contributed by atoms with Crippen LogP contribution in [-0.4, -0.2) is 22.3 Å². The molecule has 0 fully saturated rings. The van der Waals surface area contributed by atoms with E-state index in [1.165, 1.54) is 12.1 Å². The topological polar surface area (TPSA) is 122 Å². The fourth-order valence-corrected chi connectivity index (χ4v) is 3.05. The number of nitrogens with two attached hydrogens (primary N) is 1. The quantitative estimate of drug-likeness (QED) is 0.333. The van der Waals surface area contributed by atoms with E-state index in [0.29, 0.717) is 39.7 Å². The van der Waals surface area contributed by atoms with Crippen molar-refractivity contribution in [3.05, 3.63) is 90.0 Å². The molecule has 0 saturated carbocycles. The van der Waals surface area contributed by atoms with E-state index in [2.05, 4.69) is 20.6 Å². The molecule has 0 saturated heterocycles. The van der Waals surface area contributed by atoms with Gasteiger partial charge in [-0.05, 0) is 54.1 Å². The molecule has 0 aliphatic heterocycles. The van der Waals surface area contributed by atoms with Gasteiger partial charge in [-0.2, -0.15) is 0 Å². The van der Waals surface area contributed by atoms with Gasteiger partial charge in [-0.1, -0.05) is 6.07 Å². The van der Waals surface area contributed by atoms with Gasteiger partial charge in [0.2, 0.25) is 6.29 Å². The molecule has 0 atom stereocenters. The molecule has 2 amide bonds. The number of urea groups is 1. The van der Waals surface area contributed by atoms with Crippen molar-refractivity contribution in [3.8, 4) is 22.9 Å². The maximum absolute atomic E-state index is 13.9. The average Bonchev–Trinajstić information content (AvgIpc) is 3.31. The number of ether oxygens (including phenoxy) is 1. The lowest BCUT2D eigenvalue weighted by molar-refractivity contribution is 0.262. The highest BCUT2D eigenvalue weighted by molar-refractivity contribution is 5.99. The summed E-state index contributed by atoms with van der Waals surface area (Å²) in [4.78, 5) is 30.2. The van der Waals surface area contributed by atoms with Gasteiger partial charge in [0.15, 0.2) is 0 Å². The first-order valence-electron chi connectivity index (χ1n) is 9.91. The maximum atomic E-state index is 13.9. The molecular weight excluding hydrogens is 425 g/mol. The molecule has 165 valence electrons. The van der Waals surface area contributed by atoms with Crippen molar-refractivity contribution in [2.24, 2.45) is 5.73 Å². The number of rotatable bonds is 7. The van der Waals surface area contributed by atoms with Gasteiger partial charge in [0.25, 0.3) is 0 Å². The molecule has 2 aromatic heterocycles. The first-order valence-corrected chi connectivity index (χ1v) is 9.91. The van der Waals surface area contributed by atoms with E-state index in [4.69, 9.17) is 10.5 Å². The zero-order valence-corrected chi connectivity index (χ0v) is 17.3. The van der Waals surface area contributed by atoms with E-state index in [1.807, 2.05) is 6.29 Å². The minimum absolute atomic E-state index is 0.0455. The van der Waals surface area contributed by atoms with Crippen molar-refractivity contribution >= 4 is 23.7 Å². The number of pyridine rings is 1. The van der Waals surface area contributed by atoms with Crippen LogP contribution < -0.4 is 21.1 Å². The highest BCUT2D eigenvalue weighted by Crippen LogP contribution is 2.26. The zero-order valence-electron chi connectivity index (χ0n) is 17.3. The number of halogens is 1. The summed E-state index contributed by atoms with van der Waals surface area (Å²) < 4.78 is 19.7. The lowest BCUT2D eigenvalue weighted by atomic mass is 10.2. The zero-order chi connectivity index (χ0) is 23.2. The van der Waals surface area contributed by atoms with Gasteiger partial charge < -0.3 is 26.1 Å². The van der Waals surface area contributed by atoms with Crippen molar-refractivity contribution in [2.75, 3.05) is 10.6 Å². The number of carbonyl (C=O) groups is 1. The van der Waals surface area contributed by atoms with Crippen molar-refractivity contribution in [1.29, 1.82) is 0 Å². The first kappa shape index (κ1) is 21.7. The average molecular weight is 444 g/mol. The number of aromatic amines is 1. The Hall–Kier alpha value is -4.50. The highest BCUT2D eigenvalue weighted by Gasteiger charge is 2.09. The number of amides is 2. The number of nitrogens with zero attached hydrogens (tertiary/aromatic N) is 1. The molecule has 2 heterocycles. The van der Waals surface area contributed by atoms with Crippen LogP contribution in [0.3, 0.4) is 0 Å². The van der Waals surface area contributed by atoms with Gasteiger partial charge in [0.05, 0.1) is 17.1 Å². The van der Waals surface area contributed by atoms with Gasteiger partial charge in [-0.15, -0.1) is 0 Å². The van der Waals surface area contributed by atoms with Crippen LogP contribution in [0.5, 0.6) is 11.5 Å². The fourth-order valence-electron chi connectivity index (χ4n) is 3.05. The molecule has 5 N–H and O–H groups in total. The van der Waals surface area contributed by atoms with Crippen molar-refractivity contribution < 1.29 is 18.7 Å². The largest absolute Gasteiger partial charge is 0.457 e. The van der Waals surface area contributed by atoms with Crippen molar-refractivity contribution in [2.45, 2.75) is 6.54 Å². The highest BCUT2D eigenvalue weighted by atomic mass is 19.1. The summed E-state index contributed by atoms with van der Waals surface area (Å²) in [6.07, 6.45) is 4.95. The Kier molecular flexibility index (Phi) is 6.42. The van der Waals surface area contributed by atoms with E-state index >= 15 is 0 Å². The van der Waals surface area contributed by atoms with Crippen molar-refractivity contribution in [3.63, 3.8) is 0 Å². The number of aromatic nitrogens is 2. The Bertz CT molecular complexity index is 1290. The van der Waals surface area contributed by atoms with Crippen LogP contribution in [0.4, 0.5) is 20.6 Å². The van der Waals surface area contributed by atoms with Crippen LogP contribution in [0.2, 0.25) is 0 Å². The molecular formula is C24H19FN5O3. The van der Waals surface area contributed by atoms with E-state index in [-0.39, 0.29) is 12.2 Å². The molecule has 0 aliphatic carbocycles. The standard InChI is InChI=1S/C24H19FN5O3/c25-20-6-1-15(12-26)9-21(20)30-24(32)29-17-2-4-18(5-3-17)33-19-7-8-27-23(11-19)22-10-16(14-31)13-28-22/h1-11,13,28H,12,26H2,(H2,29,30,32). The Morgan fingerprint density at radius 3 is 2.61 bits per heavy atom. The lowest BCUT2D eigenvalue weighted by Crippen LogP contribution is -2.20. The monoisotopic (exact) mass is 444 g/mol. The van der Waals surface area contributed by atoms with Crippen LogP contribution in [0, 0.1) is 5.82 Å². The lowest BCUT2D eigenvalue weighted by Gasteiger charge is -2.11. The summed E-state index contributed by atoms with van der Waals surface area (Å²) in [7, 11) is 0. The molecule has 0 aliphatic rings. The second kappa shape index (κ2) is 9.75. The van der Waals surface area contributed by atoms with Gasteiger partial charge in [0.1, 0.15) is 17.3 Å². The molecule has 33 heavy (non-hydrogen) atoms. The number of nitrogens with one attached hydrogen (secondary N) is 3. The van der Waals surface area contributed by atoms with Crippen LogP contribution >= 0.6 is 0 Å². The Balaban J connectivity index is 1.39. The van der Waals surface area contributed by atoms with Crippen molar-refractivity contribution in [1.82, 2.24) is 9.97 Å². The molecule has 1 radical (unpaired) electrons. The molecule has 0 bridgehead atoms. The molecule has 0 unspecified atom stereocenters. The maximum Gasteiger partial charge on any atom is 0.323 e. The number of benzene rings is 2. The minimum Gasteiger partial charge on any atom is -0.457 e. The molecule has 4 rings (SSSR count). The summed E-state index contributed by atoms with van der Waals surface area (Å²) in [5.41, 5.74) is 8.47. The Morgan fingerprint density at radius 1 is 1.06 bits per heavy atom. The van der Waals surface area contributed by atoms with Crippen LogP contribution in [0.25, 0.3) is 11.4 Å². The Morgan fingerprint density at radius 2 is 1.88 bits per heavy atom. The smallest absolute Gasteiger partial charge is 0.323 e. The predicted octanol–water partition coefficient (Wildman–Crippen LogP) is 4.57. The minimum atomic E-state index is -0.589. The molecule has 8 nitrogen and oxygen atoms in total. The molecule has 2 aromatic carbocycles. The summed E-state index contributed by atoms with van der Waals surface area (Å²) in [6, 6.07) is 15.4. The summed E-state index contributed by atoms with van der Waals surface area (Å²) in [6.45, 7) is 0.237. The number of hydrogen-bond donors (Lipinski definition) is 4. The van der Waals surface area contributed by atoms with Gasteiger partial charge in [-0.3, -0.25) is 9.78 Å². The number of anilines is 2. The number of H-pyrrole nitrogens is 1. The Labute approximate surface area is 188 Å². The van der Waals surface area contributed by atoms with Crippen LogP contribution in [0.15, 0.2) is 73.1 Å². The van der Waals surface area contributed by atoms with Crippen LogP contribution in [0.1, 0.15) is 11.1 Å². The fraction of sp³-hybridized carbons (Fsp3) is 0.0417. The molecule has 0 spiro atoms. The second-order valence-electron chi connectivity index (χ2n) is 7.00. The summed E-state index contributed by atoms with van der Waals surface area (Å²) >= 11 is 0. The van der Waals surface area contributed by atoms with E-state index in [9.17, 15) is 14.0 Å². The second-order valence-corrected chi connectivity index (χ2v) is 7.00. The number of hydrogen-bond acceptors (Lipinski definition) is 5. The third-order valence-corrected chi connectivity index (χ3v) is 4.67. The predicted molar refractivity (Wildman–Crippen MR) is 122 cm³/mol. The van der Waals surface area contributed by atoms with Crippen LogP contribution in [-0.2, 0) is 11.3 Å². The van der Waals surface area contributed by atoms with Gasteiger partial charge in [-0.25, -0.2) is 9.18 Å². The SMILES string of the molecule is NCc1ccc(F)c(NC(=O)Nc2ccc(Oc3ccnc(-c4cc([C]=O)c[nH]4)c3)cc2)c1. The summed E-state index contributed by atoms with van der Waals surface area (Å²) in [5, 5.41) is 5.11.